The predicted molar refractivity (Wildman–Crippen MR) is 262 cm³/mol. The van der Waals surface area contributed by atoms with E-state index >= 15 is 0 Å². The molecule has 0 aliphatic carbocycles. The number of hydrogen-bond donors (Lipinski definition) is 8. The van der Waals surface area contributed by atoms with Crippen LogP contribution in [-0.4, -0.2) is 217 Å². The standard InChI is InChI=1S/4C12H16NO5.4Cu.4H2O/c4*1-18-10-4-2-3-9(11(10)17)5-13-12(6-14,7-15)8-16;;;;;;;;/h4*2-5,14-15,17H,6-8H2,1H3;;;;;4*1H2/q4*-1;4*+2;;;;/p-4. The number of aliphatic imine (C=N–C) groups is 4. The Morgan fingerprint density at radius 3 is 0.600 bits per heavy atom. The van der Waals surface area contributed by atoms with Crippen molar-refractivity contribution in [3.63, 3.8) is 0 Å². The first-order valence-corrected chi connectivity index (χ1v) is 21.3. The van der Waals surface area contributed by atoms with Crippen LogP contribution >= 0.6 is 0 Å². The molecular formula is C48H68Cu4N4O24. The third-order valence-electron chi connectivity index (χ3n) is 10.3. The second-order valence-corrected chi connectivity index (χ2v) is 15.3. The molecule has 468 valence electrons. The van der Waals surface area contributed by atoms with Gasteiger partial charge in [-0.15, -0.1) is 26.4 Å². The Hall–Kier alpha value is -4.60. The Morgan fingerprint density at radius 1 is 0.338 bits per heavy atom. The van der Waals surface area contributed by atoms with Crippen molar-refractivity contribution in [2.75, 3.05) is 108 Å². The van der Waals surface area contributed by atoms with Crippen molar-refractivity contribution in [3.8, 4) is 46.0 Å². The van der Waals surface area contributed by atoms with E-state index in [1.54, 1.807) is 24.3 Å². The van der Waals surface area contributed by atoms with Gasteiger partial charge >= 0.3 is 68.3 Å². The van der Waals surface area contributed by atoms with Crippen LogP contribution in [0.25, 0.3) is 0 Å². The number of methoxy groups -OCH3 is 4. The Morgan fingerprint density at radius 2 is 0.487 bits per heavy atom. The number of aliphatic hydroxyl groups is 8. The molecule has 16 N–H and O–H groups in total. The number of hydrogen-bond acceptors (Lipinski definition) is 24. The maximum absolute atomic E-state index is 11.8. The second-order valence-electron chi connectivity index (χ2n) is 15.3. The molecule has 32 heteroatoms. The topological polar surface area (TPSA) is 559 Å². The van der Waals surface area contributed by atoms with Gasteiger partial charge in [0.25, 0.3) is 0 Å². The smallest absolute Gasteiger partial charge is 0.870 e. The number of para-hydroxylation sites is 4. The maximum Gasteiger partial charge on any atom is 2.00 e. The van der Waals surface area contributed by atoms with Gasteiger partial charge in [-0.3, -0.25) is 20.0 Å². The fourth-order valence-electron chi connectivity index (χ4n) is 5.05. The van der Waals surface area contributed by atoms with E-state index in [0.717, 1.165) is 0 Å². The Balaban J connectivity index is -0.000000139. The largest absolute Gasteiger partial charge is 2.00 e. The molecule has 4 aromatic rings. The van der Waals surface area contributed by atoms with Crippen LogP contribution in [0.1, 0.15) is 22.3 Å². The molecule has 28 nitrogen and oxygen atoms in total. The summed E-state index contributed by atoms with van der Waals surface area (Å²) in [5.41, 5.74) is -5.04. The van der Waals surface area contributed by atoms with Crippen molar-refractivity contribution in [1.29, 1.82) is 0 Å². The molecule has 0 unspecified atom stereocenters. The zero-order valence-corrected chi connectivity index (χ0v) is 47.0. The Labute approximate surface area is 503 Å². The first-order valence-electron chi connectivity index (χ1n) is 21.3. The van der Waals surface area contributed by atoms with Crippen LogP contribution in [0.5, 0.6) is 46.0 Å². The summed E-state index contributed by atoms with van der Waals surface area (Å²) in [5, 5.41) is 163. The number of rotatable bonds is 24. The van der Waals surface area contributed by atoms with Crippen LogP contribution in [0, 0.1) is 0 Å². The average Bonchev–Trinajstić information content (AvgIpc) is 3.43. The minimum atomic E-state index is -1.49. The summed E-state index contributed by atoms with van der Waals surface area (Å²) in [6, 6.07) is 18.5. The summed E-state index contributed by atoms with van der Waals surface area (Å²) < 4.78 is 19.4. The van der Waals surface area contributed by atoms with Crippen LogP contribution in [0.4, 0.5) is 0 Å². The molecule has 80 heavy (non-hydrogen) atoms. The molecule has 0 atom stereocenters. The van der Waals surface area contributed by atoms with Gasteiger partial charge in [-0.25, -0.2) is 0 Å². The first-order chi connectivity index (χ1) is 34.5. The van der Waals surface area contributed by atoms with E-state index in [9.17, 15) is 40.9 Å². The molecule has 4 radical (unpaired) electrons. The molecule has 4 rings (SSSR count). The van der Waals surface area contributed by atoms with Crippen LogP contribution in [0.3, 0.4) is 0 Å². The molecule has 0 aliphatic heterocycles. The van der Waals surface area contributed by atoms with E-state index < -0.39 is 101 Å². The van der Waals surface area contributed by atoms with Crippen LogP contribution in [0.15, 0.2) is 92.8 Å². The summed E-state index contributed by atoms with van der Waals surface area (Å²) >= 11 is 0. The second kappa shape index (κ2) is 48.0. The SMILES string of the molecule is COc1cccc(C=NC(C[O-])(CO)CO)c1[O-].COc1cccc(C=NC(C[O-])(CO)CO)c1[O-].COc1cccc(C=NC(C[O-])(CO)CO)c1[O-].COc1cccc(C=NC(C[O-])(CO)CO)c1[O-].O.O.O.O.[Cu+2].[Cu+2].[Cu+2].[Cu+2]. The molecular weight excluding hydrogens is 1270 g/mol. The van der Waals surface area contributed by atoms with Gasteiger partial charge in [0.15, 0.2) is 0 Å². The fourth-order valence-corrected chi connectivity index (χ4v) is 5.05. The van der Waals surface area contributed by atoms with E-state index in [0.29, 0.717) is 0 Å². The van der Waals surface area contributed by atoms with E-state index in [2.05, 4.69) is 20.0 Å². The minimum absolute atomic E-state index is 0. The Bertz CT molecular complexity index is 1970. The maximum atomic E-state index is 11.8. The summed E-state index contributed by atoms with van der Waals surface area (Å²) in [6.45, 7) is -7.73. The Kier molecular flexibility index (Phi) is 55.1. The van der Waals surface area contributed by atoms with Crippen molar-refractivity contribution in [1.82, 2.24) is 0 Å². The summed E-state index contributed by atoms with van der Waals surface area (Å²) in [6.07, 6.45) is 4.70. The summed E-state index contributed by atoms with van der Waals surface area (Å²) in [7, 11) is 5.50. The quantitative estimate of drug-likeness (QED) is 0.0238. The molecule has 0 aromatic heterocycles. The fraction of sp³-hybridized carbons (Fsp3) is 0.417. The van der Waals surface area contributed by atoms with Crippen LogP contribution in [0.2, 0.25) is 0 Å². The van der Waals surface area contributed by atoms with Gasteiger partial charge in [0, 0.05) is 24.9 Å². The first kappa shape index (κ1) is 91.9. The molecule has 0 heterocycles. The van der Waals surface area contributed by atoms with Crippen molar-refractivity contribution >= 4 is 24.9 Å². The third kappa shape index (κ3) is 27.0. The monoisotopic (exact) mass is 1340 g/mol. The number of benzene rings is 4. The van der Waals surface area contributed by atoms with E-state index in [1.807, 2.05) is 0 Å². The number of aliphatic hydroxyl groups excluding tert-OH is 8. The van der Waals surface area contributed by atoms with Gasteiger partial charge in [0.05, 0.1) is 103 Å². The van der Waals surface area contributed by atoms with Crippen molar-refractivity contribution in [2.45, 2.75) is 22.2 Å². The van der Waals surface area contributed by atoms with Crippen molar-refractivity contribution in [2.24, 2.45) is 20.0 Å². The van der Waals surface area contributed by atoms with Gasteiger partial charge in [-0.05, 0) is 46.5 Å². The van der Waals surface area contributed by atoms with Gasteiger partial charge in [0.2, 0.25) is 0 Å². The average molecular weight is 1340 g/mol. The molecule has 0 amide bonds. The van der Waals surface area contributed by atoms with Gasteiger partial charge in [-0.1, -0.05) is 71.5 Å². The van der Waals surface area contributed by atoms with E-state index in [4.69, 9.17) is 59.8 Å². The molecule has 0 fully saturated rings. The van der Waals surface area contributed by atoms with E-state index in [1.165, 1.54) is 102 Å². The van der Waals surface area contributed by atoms with E-state index in [-0.39, 0.29) is 158 Å². The minimum Gasteiger partial charge on any atom is -0.870 e. The zero-order valence-electron chi connectivity index (χ0n) is 43.2. The molecule has 4 aromatic carbocycles. The molecule has 0 spiro atoms. The molecule has 0 saturated heterocycles. The van der Waals surface area contributed by atoms with Gasteiger partial charge < -0.3 is 123 Å². The van der Waals surface area contributed by atoms with Crippen LogP contribution in [-0.2, 0) is 68.3 Å². The van der Waals surface area contributed by atoms with Crippen molar-refractivity contribution < 1.29 is 191 Å². The number of nitrogens with zero attached hydrogens (tertiary/aromatic N) is 4. The molecule has 0 saturated carbocycles. The third-order valence-corrected chi connectivity index (χ3v) is 10.3. The number of ether oxygens (including phenoxy) is 4. The summed E-state index contributed by atoms with van der Waals surface area (Å²) in [5.74, 6) is -0.781. The predicted octanol–water partition coefficient (Wildman–Crippen LogP) is -10.2. The van der Waals surface area contributed by atoms with Crippen LogP contribution < -0.4 is 59.8 Å². The van der Waals surface area contributed by atoms with Crippen molar-refractivity contribution in [3.05, 3.63) is 95.1 Å². The summed E-state index contributed by atoms with van der Waals surface area (Å²) in [4.78, 5) is 15.3. The normalized spacial score (nSPS) is 10.8. The van der Waals surface area contributed by atoms with Gasteiger partial charge in [-0.2, -0.15) is 0 Å². The molecule has 0 bridgehead atoms. The zero-order chi connectivity index (χ0) is 54.4. The molecule has 0 aliphatic rings. The van der Waals surface area contributed by atoms with Gasteiger partial charge in [0.1, 0.15) is 23.0 Å².